The Morgan fingerprint density at radius 1 is 1.25 bits per heavy atom. The van der Waals surface area contributed by atoms with Crippen LogP contribution in [0.5, 0.6) is 0 Å². The van der Waals surface area contributed by atoms with E-state index in [4.69, 9.17) is 13.0 Å². The summed E-state index contributed by atoms with van der Waals surface area (Å²) in [6.45, 7) is 0. The predicted molar refractivity (Wildman–Crippen MR) is 47.3 cm³/mol. The Balaban J connectivity index is 0.000000261. The summed E-state index contributed by atoms with van der Waals surface area (Å²) in [5, 5.41) is 0. The molecule has 1 rings (SSSR count). The fourth-order valence-corrected chi connectivity index (χ4v) is 1.19. The third-order valence-electron chi connectivity index (χ3n) is 1.03. The predicted octanol–water partition coefficient (Wildman–Crippen LogP) is 1.12. The summed E-state index contributed by atoms with van der Waals surface area (Å²) in [4.78, 5) is 0. The molecule has 66 valence electrons. The average Bonchev–Trinajstić information content (AvgIpc) is 2.05. The fourth-order valence-electron chi connectivity index (χ4n) is 0.583. The third kappa shape index (κ3) is 8.05. The molecule has 0 aromatic heterocycles. The maximum atomic E-state index is 8.56. The van der Waals surface area contributed by atoms with Gasteiger partial charge in [-0.05, 0) is 0 Å². The van der Waals surface area contributed by atoms with Gasteiger partial charge >= 0.3 is 63.3 Å². The van der Waals surface area contributed by atoms with Crippen molar-refractivity contribution in [3.63, 3.8) is 0 Å². The first-order chi connectivity index (χ1) is 5.66. The minimum absolute atomic E-state index is 1.19. The molecule has 0 amide bonds. The number of hydrogen-bond donors (Lipinski definition) is 1. The van der Waals surface area contributed by atoms with Gasteiger partial charge in [0.1, 0.15) is 0 Å². The number of rotatable bonds is 1. The molecule has 3 nitrogen and oxygen atoms in total. The summed E-state index contributed by atoms with van der Waals surface area (Å²) in [7, 11) is -2.86. The molecule has 5 heteroatoms. The van der Waals surface area contributed by atoms with Crippen LogP contribution in [0.4, 0.5) is 0 Å². The van der Waals surface area contributed by atoms with Crippen LogP contribution < -0.4 is 0 Å². The summed E-state index contributed by atoms with van der Waals surface area (Å²) in [6, 6.07) is 10.5. The van der Waals surface area contributed by atoms with E-state index in [0.717, 1.165) is 0 Å². The molecule has 1 aromatic rings. The molecule has 0 aliphatic rings. The van der Waals surface area contributed by atoms with E-state index >= 15 is 0 Å². The molecule has 0 saturated heterocycles. The van der Waals surface area contributed by atoms with Gasteiger partial charge in [0.05, 0.1) is 0 Å². The van der Waals surface area contributed by atoms with Crippen LogP contribution in [0.25, 0.3) is 0 Å². The Hall–Kier alpha value is -0.0518. The summed E-state index contributed by atoms with van der Waals surface area (Å²) >= 11 is 1.84. The SMILES string of the molecule is O=[S-](=O)O.[Sb][CH2]c1ccccc1. The summed E-state index contributed by atoms with van der Waals surface area (Å²) in [5.41, 5.74) is 1.43. The van der Waals surface area contributed by atoms with Crippen LogP contribution in [-0.2, 0) is 23.8 Å². The molecule has 0 heterocycles. The Kier molecular flexibility index (Phi) is 7.56. The van der Waals surface area contributed by atoms with Crippen molar-refractivity contribution in [3.05, 3.63) is 35.9 Å². The normalized spacial score (nSPS) is 8.92. The Morgan fingerprint density at radius 2 is 1.67 bits per heavy atom. The third-order valence-corrected chi connectivity index (χ3v) is 2.07. The van der Waals surface area contributed by atoms with Crippen LogP contribution >= 0.6 is 0 Å². The first kappa shape index (κ1) is 11.9. The van der Waals surface area contributed by atoms with Gasteiger partial charge in [-0.3, -0.25) is 0 Å². The van der Waals surface area contributed by atoms with Crippen molar-refractivity contribution >= 4 is 34.0 Å². The van der Waals surface area contributed by atoms with E-state index in [1.165, 1.54) is 9.93 Å². The van der Waals surface area contributed by atoms with Gasteiger partial charge in [-0.2, -0.15) is 0 Å². The zero-order chi connectivity index (χ0) is 9.40. The second-order valence-corrected chi connectivity index (χ2v) is 3.20. The van der Waals surface area contributed by atoms with Gasteiger partial charge in [0, 0.05) is 11.0 Å². The van der Waals surface area contributed by atoms with Crippen molar-refractivity contribution in [2.24, 2.45) is 0 Å². The molecule has 0 fully saturated rings. The van der Waals surface area contributed by atoms with Crippen LogP contribution in [0.2, 0.25) is 0 Å². The van der Waals surface area contributed by atoms with E-state index in [9.17, 15) is 0 Å². The van der Waals surface area contributed by atoms with E-state index in [1.807, 2.05) is 29.1 Å². The van der Waals surface area contributed by atoms with Crippen molar-refractivity contribution in [2.45, 2.75) is 4.37 Å². The Morgan fingerprint density at radius 3 is 1.92 bits per heavy atom. The van der Waals surface area contributed by atoms with Gasteiger partial charge in [-0.1, -0.05) is 0 Å². The summed E-state index contributed by atoms with van der Waals surface area (Å²) in [5.74, 6) is 0. The first-order valence-corrected chi connectivity index (χ1v) is 5.93. The van der Waals surface area contributed by atoms with Crippen molar-refractivity contribution in [1.82, 2.24) is 0 Å². The van der Waals surface area contributed by atoms with Gasteiger partial charge < -0.3 is 13.0 Å². The zero-order valence-corrected chi connectivity index (χ0v) is 9.58. The van der Waals surface area contributed by atoms with Crippen LogP contribution in [0.1, 0.15) is 5.56 Å². The molecule has 1 N–H and O–H groups in total. The molecule has 0 aliphatic heterocycles. The Labute approximate surface area is 87.1 Å². The molecular formula is C7H8O3SSb-. The van der Waals surface area contributed by atoms with Crippen LogP contribution in [0.15, 0.2) is 30.3 Å². The van der Waals surface area contributed by atoms with E-state index in [-0.39, 0.29) is 0 Å². The van der Waals surface area contributed by atoms with Crippen molar-refractivity contribution in [2.75, 3.05) is 0 Å². The van der Waals surface area contributed by atoms with Gasteiger partial charge in [0.15, 0.2) is 0 Å². The van der Waals surface area contributed by atoms with E-state index < -0.39 is 11.0 Å². The topological polar surface area (TPSA) is 54.4 Å². The first-order valence-electron chi connectivity index (χ1n) is 3.10. The van der Waals surface area contributed by atoms with Gasteiger partial charge in [-0.15, -0.1) is 0 Å². The molecule has 2 radical (unpaired) electrons. The number of hydrogen-bond acceptors (Lipinski definition) is 3. The Bertz CT molecular complexity index is 263. The summed E-state index contributed by atoms with van der Waals surface area (Å²) in [6.07, 6.45) is 0. The van der Waals surface area contributed by atoms with Crippen LogP contribution in [-0.4, -0.2) is 27.6 Å². The van der Waals surface area contributed by atoms with Crippen molar-refractivity contribution < 1.29 is 13.0 Å². The average molecular weight is 294 g/mol. The van der Waals surface area contributed by atoms with Gasteiger partial charge in [0.2, 0.25) is 0 Å². The van der Waals surface area contributed by atoms with Crippen molar-refractivity contribution in [1.29, 1.82) is 0 Å². The minimum atomic E-state index is -2.86. The summed E-state index contributed by atoms with van der Waals surface area (Å²) < 4.78 is 25.3. The second kappa shape index (κ2) is 7.59. The molecular weight excluding hydrogens is 286 g/mol. The molecule has 0 spiro atoms. The molecule has 0 saturated carbocycles. The van der Waals surface area contributed by atoms with E-state index in [1.54, 1.807) is 0 Å². The molecule has 1 aromatic carbocycles. The van der Waals surface area contributed by atoms with Gasteiger partial charge in [0.25, 0.3) is 0 Å². The second-order valence-electron chi connectivity index (χ2n) is 1.86. The standard InChI is InChI=1S/C7H7.HO3S.Sb/c1-7-5-3-2-4-6-7;1-4(2)3;/h2-6H,1H2;(H,1,2,3);/q;-1;. The fraction of sp³-hybridized carbons (Fsp3) is 0.143. The maximum absolute atomic E-state index is 8.56. The van der Waals surface area contributed by atoms with Crippen LogP contribution in [0.3, 0.4) is 0 Å². The monoisotopic (exact) mass is 293 g/mol. The molecule has 0 bridgehead atoms. The van der Waals surface area contributed by atoms with E-state index in [2.05, 4.69) is 24.3 Å². The number of benzene rings is 1. The van der Waals surface area contributed by atoms with Gasteiger partial charge in [-0.25, -0.2) is 0 Å². The van der Waals surface area contributed by atoms with Crippen molar-refractivity contribution in [3.8, 4) is 0 Å². The van der Waals surface area contributed by atoms with E-state index in [0.29, 0.717) is 0 Å². The molecule has 0 aliphatic carbocycles. The molecule has 12 heavy (non-hydrogen) atoms. The zero-order valence-electron chi connectivity index (χ0n) is 6.21. The molecule has 0 atom stereocenters. The molecule has 0 unspecified atom stereocenters. The van der Waals surface area contributed by atoms with Crippen LogP contribution in [0, 0.1) is 0 Å². The quantitative estimate of drug-likeness (QED) is 0.365.